The number of hydrogen-bond acceptors (Lipinski definition) is 5. The summed E-state index contributed by atoms with van der Waals surface area (Å²) < 4.78 is 1.11. The van der Waals surface area contributed by atoms with E-state index >= 15 is 0 Å². The van der Waals surface area contributed by atoms with Crippen LogP contribution in [-0.2, 0) is 9.59 Å². The van der Waals surface area contributed by atoms with E-state index in [1.165, 1.54) is 0 Å². The fourth-order valence-corrected chi connectivity index (χ4v) is 4.39. The van der Waals surface area contributed by atoms with Gasteiger partial charge in [0.2, 0.25) is 11.8 Å². The highest BCUT2D eigenvalue weighted by Gasteiger charge is 2.21. The van der Waals surface area contributed by atoms with Crippen LogP contribution in [0.4, 0.5) is 5.69 Å². The Labute approximate surface area is 179 Å². The number of likely N-dealkylation sites (tertiary alicyclic amines) is 1. The lowest BCUT2D eigenvalue weighted by molar-refractivity contribution is -0.119. The quantitative estimate of drug-likeness (QED) is 0.599. The van der Waals surface area contributed by atoms with Crippen LogP contribution in [0.25, 0.3) is 16.3 Å². The van der Waals surface area contributed by atoms with Gasteiger partial charge in [-0.3, -0.25) is 14.5 Å². The van der Waals surface area contributed by atoms with Gasteiger partial charge in [-0.15, -0.1) is 11.3 Å². The van der Waals surface area contributed by atoms with Crippen LogP contribution in [0.1, 0.15) is 17.8 Å². The Balaban J connectivity index is 1.20. The Hall–Kier alpha value is -3.03. The monoisotopic (exact) mass is 420 g/mol. The maximum Gasteiger partial charge on any atom is 0.244 e. The van der Waals surface area contributed by atoms with E-state index in [0.29, 0.717) is 6.54 Å². The maximum atomic E-state index is 12.3. The van der Waals surface area contributed by atoms with E-state index in [0.717, 1.165) is 46.8 Å². The third-order valence-electron chi connectivity index (χ3n) is 5.05. The van der Waals surface area contributed by atoms with Crippen molar-refractivity contribution >= 4 is 45.1 Å². The molecule has 2 amide bonds. The van der Waals surface area contributed by atoms with Gasteiger partial charge in [0, 0.05) is 30.9 Å². The van der Waals surface area contributed by atoms with Crippen LogP contribution in [0.15, 0.2) is 60.7 Å². The number of amides is 2. The van der Waals surface area contributed by atoms with Crippen molar-refractivity contribution in [3.05, 3.63) is 65.7 Å². The smallest absolute Gasteiger partial charge is 0.244 e. The van der Waals surface area contributed by atoms with Crippen molar-refractivity contribution in [3.8, 4) is 0 Å². The van der Waals surface area contributed by atoms with E-state index in [1.807, 2.05) is 54.6 Å². The average Bonchev–Trinajstić information content (AvgIpc) is 3.17. The molecule has 154 valence electrons. The molecule has 2 heterocycles. The number of nitrogens with zero attached hydrogens (tertiary/aromatic N) is 2. The van der Waals surface area contributed by atoms with Gasteiger partial charge in [0.1, 0.15) is 5.01 Å². The molecule has 0 atom stereocenters. The lowest BCUT2D eigenvalue weighted by atomic mass is 10.0. The lowest BCUT2D eigenvalue weighted by Gasteiger charge is -2.31. The molecule has 2 aromatic carbocycles. The van der Waals surface area contributed by atoms with Gasteiger partial charge in [-0.1, -0.05) is 30.3 Å². The van der Waals surface area contributed by atoms with E-state index < -0.39 is 0 Å². The first-order chi connectivity index (χ1) is 14.7. The maximum absolute atomic E-state index is 12.3. The number of thiazole rings is 1. The van der Waals surface area contributed by atoms with Crippen molar-refractivity contribution in [1.29, 1.82) is 0 Å². The van der Waals surface area contributed by atoms with Crippen LogP contribution < -0.4 is 10.6 Å². The van der Waals surface area contributed by atoms with Gasteiger partial charge in [-0.05, 0) is 43.2 Å². The molecule has 0 saturated carbocycles. The number of nitrogens with one attached hydrogen (secondary N) is 2. The van der Waals surface area contributed by atoms with Gasteiger partial charge >= 0.3 is 0 Å². The summed E-state index contributed by atoms with van der Waals surface area (Å²) in [5.74, 6) is -0.114. The Morgan fingerprint density at radius 1 is 1.07 bits per heavy atom. The Morgan fingerprint density at radius 3 is 2.57 bits per heavy atom. The standard InChI is InChI=1S/C23H24N4O2S/c28-21(10-11-23-26-19-8-4-5-9-20(19)30-23)24-18-12-14-27(15-13-18)16-22(29)25-17-6-2-1-3-7-17/h1-11,18H,12-16H2,(H,24,28)(H,25,29)/b11-10+. The minimum absolute atomic E-state index is 0.0116. The Bertz CT molecular complexity index is 1010. The molecule has 4 rings (SSSR count). The normalized spacial score (nSPS) is 15.5. The highest BCUT2D eigenvalue weighted by molar-refractivity contribution is 7.19. The second-order valence-corrected chi connectivity index (χ2v) is 8.39. The average molecular weight is 421 g/mol. The molecule has 1 saturated heterocycles. The molecule has 1 fully saturated rings. The fourth-order valence-electron chi connectivity index (χ4n) is 3.52. The van der Waals surface area contributed by atoms with Crippen LogP contribution in [0.2, 0.25) is 0 Å². The molecule has 0 bridgehead atoms. The number of anilines is 1. The Morgan fingerprint density at radius 2 is 1.80 bits per heavy atom. The molecule has 7 heteroatoms. The molecule has 1 aliphatic rings. The fraction of sp³-hybridized carbons (Fsp3) is 0.261. The number of carbonyl (C=O) groups excluding carboxylic acids is 2. The summed E-state index contributed by atoms with van der Waals surface area (Å²) in [6.45, 7) is 1.94. The first-order valence-corrected chi connectivity index (χ1v) is 10.9. The number of carbonyl (C=O) groups is 2. The van der Waals surface area contributed by atoms with E-state index in [1.54, 1.807) is 23.5 Å². The zero-order valence-electron chi connectivity index (χ0n) is 16.6. The van der Waals surface area contributed by atoms with Crippen molar-refractivity contribution in [2.24, 2.45) is 0 Å². The summed E-state index contributed by atoms with van der Waals surface area (Å²) in [6.07, 6.45) is 4.99. The third kappa shape index (κ3) is 5.52. The number of benzene rings is 2. The predicted octanol–water partition coefficient (Wildman–Crippen LogP) is 3.53. The summed E-state index contributed by atoms with van der Waals surface area (Å²) in [7, 11) is 0. The van der Waals surface area contributed by atoms with Gasteiger partial charge in [0.25, 0.3) is 0 Å². The largest absolute Gasteiger partial charge is 0.350 e. The molecule has 1 aliphatic heterocycles. The SMILES string of the molecule is O=C(/C=C/c1nc2ccccc2s1)NC1CCN(CC(=O)Nc2ccccc2)CC1. The molecule has 0 radical (unpaired) electrons. The number of aromatic nitrogens is 1. The molecule has 0 unspecified atom stereocenters. The van der Waals surface area contributed by atoms with Crippen LogP contribution >= 0.6 is 11.3 Å². The van der Waals surface area contributed by atoms with Crippen molar-refractivity contribution in [2.75, 3.05) is 25.0 Å². The molecule has 0 aliphatic carbocycles. The second kappa shape index (κ2) is 9.65. The zero-order valence-corrected chi connectivity index (χ0v) is 17.4. The first kappa shape index (κ1) is 20.3. The molecular weight excluding hydrogens is 396 g/mol. The van der Waals surface area contributed by atoms with Crippen molar-refractivity contribution < 1.29 is 9.59 Å². The van der Waals surface area contributed by atoms with Crippen molar-refractivity contribution in [3.63, 3.8) is 0 Å². The molecule has 0 spiro atoms. The molecule has 1 aromatic heterocycles. The van der Waals surface area contributed by atoms with E-state index in [2.05, 4.69) is 20.5 Å². The zero-order chi connectivity index (χ0) is 20.8. The van der Waals surface area contributed by atoms with E-state index in [9.17, 15) is 9.59 Å². The summed E-state index contributed by atoms with van der Waals surface area (Å²) >= 11 is 1.57. The van der Waals surface area contributed by atoms with Crippen LogP contribution in [0.3, 0.4) is 0 Å². The summed E-state index contributed by atoms with van der Waals surface area (Å²) in [5.41, 5.74) is 1.76. The number of piperidine rings is 1. The number of para-hydroxylation sites is 2. The molecule has 3 aromatic rings. The van der Waals surface area contributed by atoms with Gasteiger partial charge < -0.3 is 10.6 Å². The van der Waals surface area contributed by atoms with Crippen LogP contribution in [0, 0.1) is 0 Å². The molecule has 6 nitrogen and oxygen atoms in total. The van der Waals surface area contributed by atoms with Crippen molar-refractivity contribution in [2.45, 2.75) is 18.9 Å². The minimum atomic E-state index is -0.102. The summed E-state index contributed by atoms with van der Waals surface area (Å²) in [6, 6.07) is 17.5. The highest BCUT2D eigenvalue weighted by Crippen LogP contribution is 2.22. The topological polar surface area (TPSA) is 74.3 Å². The molecular formula is C23H24N4O2S. The number of rotatable bonds is 6. The third-order valence-corrected chi connectivity index (χ3v) is 6.05. The van der Waals surface area contributed by atoms with Crippen molar-refractivity contribution in [1.82, 2.24) is 15.2 Å². The summed E-state index contributed by atoms with van der Waals surface area (Å²) in [4.78, 5) is 31.1. The van der Waals surface area contributed by atoms with Gasteiger partial charge in [0.05, 0.1) is 16.8 Å². The second-order valence-electron chi connectivity index (χ2n) is 7.33. The molecule has 30 heavy (non-hydrogen) atoms. The highest BCUT2D eigenvalue weighted by atomic mass is 32.1. The van der Waals surface area contributed by atoms with Gasteiger partial charge in [0.15, 0.2) is 0 Å². The van der Waals surface area contributed by atoms with Gasteiger partial charge in [-0.25, -0.2) is 4.98 Å². The lowest BCUT2D eigenvalue weighted by Crippen LogP contribution is -2.46. The van der Waals surface area contributed by atoms with E-state index in [-0.39, 0.29) is 17.9 Å². The molecule has 2 N–H and O–H groups in total. The Kier molecular flexibility index (Phi) is 6.51. The first-order valence-electron chi connectivity index (χ1n) is 10.1. The minimum Gasteiger partial charge on any atom is -0.350 e. The van der Waals surface area contributed by atoms with Crippen LogP contribution in [0.5, 0.6) is 0 Å². The van der Waals surface area contributed by atoms with Crippen LogP contribution in [-0.4, -0.2) is 47.4 Å². The number of hydrogen-bond donors (Lipinski definition) is 2. The number of fused-ring (bicyclic) bond motifs is 1. The summed E-state index contributed by atoms with van der Waals surface area (Å²) in [5, 5.41) is 6.80. The predicted molar refractivity (Wildman–Crippen MR) is 121 cm³/mol. The van der Waals surface area contributed by atoms with E-state index in [4.69, 9.17) is 0 Å². The van der Waals surface area contributed by atoms with Gasteiger partial charge in [-0.2, -0.15) is 0 Å².